The van der Waals surface area contributed by atoms with E-state index in [4.69, 9.17) is 11.0 Å². The smallest absolute Gasteiger partial charge is 0.138 e. The van der Waals surface area contributed by atoms with Crippen LogP contribution in [0.1, 0.15) is 5.56 Å². The third kappa shape index (κ3) is 1.89. The predicted octanol–water partition coefficient (Wildman–Crippen LogP) is 2.15. The van der Waals surface area contributed by atoms with Gasteiger partial charge in [-0.1, -0.05) is 0 Å². The van der Waals surface area contributed by atoms with Crippen LogP contribution in [0.5, 0.6) is 0 Å². The third-order valence-electron chi connectivity index (χ3n) is 1.40. The third-order valence-corrected chi connectivity index (χ3v) is 1.99. The Balaban J connectivity index is 2.98. The molecule has 0 atom stereocenters. The summed E-state index contributed by atoms with van der Waals surface area (Å²) in [5.41, 5.74) is 7.38. The van der Waals surface area contributed by atoms with E-state index in [0.29, 0.717) is 0 Å². The number of nitriles is 1. The van der Waals surface area contributed by atoms with Gasteiger partial charge in [0, 0.05) is 10.6 Å². The molecule has 1 rings (SSSR count). The van der Waals surface area contributed by atoms with Gasteiger partial charge in [0.15, 0.2) is 0 Å². The van der Waals surface area contributed by atoms with Gasteiger partial charge < -0.3 is 5.73 Å². The molecule has 0 fully saturated rings. The van der Waals surface area contributed by atoms with Gasteiger partial charge in [-0.3, -0.25) is 0 Å². The fraction of sp³-hybridized carbons (Fsp3) is 0.125. The van der Waals surface area contributed by atoms with Gasteiger partial charge in [-0.2, -0.15) is 5.26 Å². The van der Waals surface area contributed by atoms with Crippen molar-refractivity contribution in [3.63, 3.8) is 0 Å². The lowest BCUT2D eigenvalue weighted by Crippen LogP contribution is -1.87. The Morgan fingerprint density at radius 2 is 2.27 bits per heavy atom. The van der Waals surface area contributed by atoms with E-state index in [9.17, 15) is 0 Å². The quantitative estimate of drug-likeness (QED) is 0.393. The monoisotopic (exact) mass is 164 g/mol. The van der Waals surface area contributed by atoms with E-state index < -0.39 is 0 Å². The van der Waals surface area contributed by atoms with Gasteiger partial charge in [0.05, 0.1) is 0 Å². The van der Waals surface area contributed by atoms with Crippen LogP contribution in [0.15, 0.2) is 23.1 Å². The molecular formula is C8H8N2S. The number of thioether (sulfide) groups is 1. The van der Waals surface area contributed by atoms with E-state index in [1.807, 2.05) is 30.5 Å². The van der Waals surface area contributed by atoms with Gasteiger partial charge >= 0.3 is 0 Å². The predicted molar refractivity (Wildman–Crippen MR) is 47.1 cm³/mol. The van der Waals surface area contributed by atoms with Gasteiger partial charge in [0.1, 0.15) is 5.40 Å². The summed E-state index contributed by atoms with van der Waals surface area (Å²) < 4.78 is 0. The number of benzene rings is 1. The molecular weight excluding hydrogens is 156 g/mol. The minimum absolute atomic E-state index is 0.771. The highest BCUT2D eigenvalue weighted by Gasteiger charge is 1.95. The number of nitrogen functional groups attached to an aromatic ring is 1. The lowest BCUT2D eigenvalue weighted by molar-refractivity contribution is 1.37. The molecule has 0 saturated carbocycles. The van der Waals surface area contributed by atoms with Gasteiger partial charge in [0.25, 0.3) is 0 Å². The average molecular weight is 164 g/mol. The van der Waals surface area contributed by atoms with Crippen molar-refractivity contribution in [2.24, 2.45) is 0 Å². The molecule has 0 bridgehead atoms. The van der Waals surface area contributed by atoms with Crippen LogP contribution < -0.4 is 5.73 Å². The molecule has 11 heavy (non-hydrogen) atoms. The molecule has 2 nitrogen and oxygen atoms in total. The highest BCUT2D eigenvalue weighted by molar-refractivity contribution is 8.03. The molecule has 0 radical (unpaired) electrons. The summed E-state index contributed by atoms with van der Waals surface area (Å²) in [4.78, 5) is 0.944. The molecule has 0 aliphatic heterocycles. The first-order valence-corrected chi connectivity index (χ1v) is 3.98. The van der Waals surface area contributed by atoms with Crippen LogP contribution >= 0.6 is 11.8 Å². The van der Waals surface area contributed by atoms with Crippen LogP contribution in [0, 0.1) is 17.6 Å². The Bertz CT molecular complexity index is 301. The molecule has 3 heteroatoms. The Labute approximate surface area is 70.0 Å². The van der Waals surface area contributed by atoms with Crippen molar-refractivity contribution in [2.75, 3.05) is 5.73 Å². The standard InChI is InChI=1S/C8H8N2S/c1-6-4-7(11-5-9)2-3-8(6)10/h2-4H,10H2,1H3. The molecule has 0 amide bonds. The van der Waals surface area contributed by atoms with Crippen LogP contribution in [0.3, 0.4) is 0 Å². The van der Waals surface area contributed by atoms with Crippen molar-refractivity contribution < 1.29 is 0 Å². The second-order valence-electron chi connectivity index (χ2n) is 2.21. The van der Waals surface area contributed by atoms with Crippen molar-refractivity contribution in [1.29, 1.82) is 5.26 Å². The molecule has 1 aromatic rings. The first-order valence-electron chi connectivity index (χ1n) is 3.16. The fourth-order valence-corrected chi connectivity index (χ4v) is 1.24. The summed E-state index contributed by atoms with van der Waals surface area (Å²) in [6.45, 7) is 1.93. The van der Waals surface area contributed by atoms with Crippen molar-refractivity contribution in [1.82, 2.24) is 0 Å². The zero-order valence-corrected chi connectivity index (χ0v) is 6.98. The maximum absolute atomic E-state index is 8.36. The van der Waals surface area contributed by atoms with E-state index in [1.165, 1.54) is 0 Å². The highest BCUT2D eigenvalue weighted by atomic mass is 32.2. The van der Waals surface area contributed by atoms with Crippen LogP contribution in [0.4, 0.5) is 5.69 Å². The lowest BCUT2D eigenvalue weighted by atomic mass is 10.2. The SMILES string of the molecule is Cc1cc(SC#N)ccc1N. The Kier molecular flexibility index (Phi) is 2.40. The highest BCUT2D eigenvalue weighted by Crippen LogP contribution is 2.20. The number of anilines is 1. The van der Waals surface area contributed by atoms with E-state index in [1.54, 1.807) is 0 Å². The van der Waals surface area contributed by atoms with Crippen LogP contribution in [0.25, 0.3) is 0 Å². The number of hydrogen-bond acceptors (Lipinski definition) is 3. The largest absolute Gasteiger partial charge is 0.399 e. The Morgan fingerprint density at radius 3 is 2.82 bits per heavy atom. The maximum Gasteiger partial charge on any atom is 0.138 e. The van der Waals surface area contributed by atoms with Crippen molar-refractivity contribution in [3.8, 4) is 5.40 Å². The summed E-state index contributed by atoms with van der Waals surface area (Å²) >= 11 is 1.15. The summed E-state index contributed by atoms with van der Waals surface area (Å²) in [6, 6.07) is 5.56. The number of aryl methyl sites for hydroxylation is 1. The molecule has 0 unspecified atom stereocenters. The first kappa shape index (κ1) is 7.96. The lowest BCUT2D eigenvalue weighted by Gasteiger charge is -1.99. The number of rotatable bonds is 1. The van der Waals surface area contributed by atoms with Crippen LogP contribution in [0.2, 0.25) is 0 Å². The van der Waals surface area contributed by atoms with E-state index >= 15 is 0 Å². The molecule has 0 aromatic heterocycles. The number of thiocyanates is 1. The molecule has 0 spiro atoms. The number of nitrogens with zero attached hydrogens (tertiary/aromatic N) is 1. The number of hydrogen-bond donors (Lipinski definition) is 1. The van der Waals surface area contributed by atoms with Crippen molar-refractivity contribution in [3.05, 3.63) is 23.8 Å². The number of nitrogens with two attached hydrogens (primary N) is 1. The molecule has 2 N–H and O–H groups in total. The average Bonchev–Trinajstić information content (AvgIpc) is 1.98. The molecule has 0 saturated heterocycles. The van der Waals surface area contributed by atoms with Gasteiger partial charge in [-0.15, -0.1) is 0 Å². The molecule has 1 aromatic carbocycles. The molecule has 0 aliphatic rings. The first-order chi connectivity index (χ1) is 5.24. The molecule has 56 valence electrons. The second-order valence-corrected chi connectivity index (χ2v) is 3.07. The molecule has 0 heterocycles. The zero-order chi connectivity index (χ0) is 8.27. The Hall–Kier alpha value is -1.14. The normalized spacial score (nSPS) is 9.09. The van der Waals surface area contributed by atoms with Crippen LogP contribution in [-0.4, -0.2) is 0 Å². The second kappa shape index (κ2) is 3.31. The molecule has 0 aliphatic carbocycles. The zero-order valence-electron chi connectivity index (χ0n) is 6.16. The van der Waals surface area contributed by atoms with Crippen LogP contribution in [-0.2, 0) is 0 Å². The van der Waals surface area contributed by atoms with E-state index in [2.05, 4.69) is 0 Å². The summed E-state index contributed by atoms with van der Waals surface area (Å²) in [6.07, 6.45) is 0. The Morgan fingerprint density at radius 1 is 1.55 bits per heavy atom. The minimum Gasteiger partial charge on any atom is -0.399 e. The fourth-order valence-electron chi connectivity index (χ4n) is 0.764. The maximum atomic E-state index is 8.36. The minimum atomic E-state index is 0.771. The van der Waals surface area contributed by atoms with Crippen molar-refractivity contribution >= 4 is 17.4 Å². The van der Waals surface area contributed by atoms with Gasteiger partial charge in [0.2, 0.25) is 0 Å². The van der Waals surface area contributed by atoms with Gasteiger partial charge in [-0.05, 0) is 42.4 Å². The summed E-state index contributed by atoms with van der Waals surface area (Å²) in [5, 5.41) is 10.4. The summed E-state index contributed by atoms with van der Waals surface area (Å²) in [5.74, 6) is 0. The topological polar surface area (TPSA) is 49.8 Å². The summed E-state index contributed by atoms with van der Waals surface area (Å²) in [7, 11) is 0. The van der Waals surface area contributed by atoms with E-state index in [-0.39, 0.29) is 0 Å². The van der Waals surface area contributed by atoms with Crippen molar-refractivity contribution in [2.45, 2.75) is 11.8 Å². The van der Waals surface area contributed by atoms with Gasteiger partial charge in [-0.25, -0.2) is 0 Å². The van der Waals surface area contributed by atoms with E-state index in [0.717, 1.165) is 27.9 Å².